The Balaban J connectivity index is 2.02. The van der Waals surface area contributed by atoms with Gasteiger partial charge in [-0.25, -0.2) is 17.5 Å². The minimum Gasteiger partial charge on any atom is -0.360 e. The first-order chi connectivity index (χ1) is 10.8. The van der Waals surface area contributed by atoms with Gasteiger partial charge >= 0.3 is 0 Å². The summed E-state index contributed by atoms with van der Waals surface area (Å²) < 4.78 is 44.2. The van der Waals surface area contributed by atoms with Crippen molar-refractivity contribution in [2.75, 3.05) is 18.0 Å². The van der Waals surface area contributed by atoms with Crippen LogP contribution < -0.4 is 9.62 Å². The lowest BCUT2D eigenvalue weighted by molar-refractivity contribution is -0.116. The highest BCUT2D eigenvalue weighted by atomic mass is 32.2. The summed E-state index contributed by atoms with van der Waals surface area (Å²) in [6.45, 7) is 3.09. The van der Waals surface area contributed by atoms with Crippen molar-refractivity contribution in [3.05, 3.63) is 41.9 Å². The van der Waals surface area contributed by atoms with Gasteiger partial charge in [0.1, 0.15) is 11.6 Å². The molecule has 0 aliphatic carbocycles. The van der Waals surface area contributed by atoms with Crippen molar-refractivity contribution in [2.24, 2.45) is 0 Å². The van der Waals surface area contributed by atoms with Crippen LogP contribution in [0.25, 0.3) is 0 Å². The molecule has 7 nitrogen and oxygen atoms in total. The van der Waals surface area contributed by atoms with E-state index in [1.54, 1.807) is 13.0 Å². The van der Waals surface area contributed by atoms with Crippen LogP contribution in [-0.2, 0) is 14.8 Å². The third kappa shape index (κ3) is 4.36. The number of carbonyl (C=O) groups excluding carboxylic acids is 1. The number of nitrogens with one attached hydrogen (secondary N) is 1. The Labute approximate surface area is 133 Å². The lowest BCUT2D eigenvalue weighted by Gasteiger charge is -2.17. The zero-order chi connectivity index (χ0) is 17.0. The maximum Gasteiger partial charge on any atom is 0.240 e. The van der Waals surface area contributed by atoms with E-state index in [1.165, 1.54) is 24.0 Å². The third-order valence-corrected chi connectivity index (χ3v) is 4.50. The molecular weight excluding hydrogens is 325 g/mol. The lowest BCUT2D eigenvalue weighted by Crippen LogP contribution is -2.37. The summed E-state index contributed by atoms with van der Waals surface area (Å²) in [5.74, 6) is 0.0431. The van der Waals surface area contributed by atoms with Gasteiger partial charge in [-0.3, -0.25) is 9.69 Å². The molecule has 9 heteroatoms. The fourth-order valence-electron chi connectivity index (χ4n) is 1.90. The third-order valence-electron chi connectivity index (χ3n) is 3.02. The predicted octanol–water partition coefficient (Wildman–Crippen LogP) is 1.45. The van der Waals surface area contributed by atoms with E-state index in [1.807, 2.05) is 0 Å². The quantitative estimate of drug-likeness (QED) is 0.858. The van der Waals surface area contributed by atoms with E-state index >= 15 is 0 Å². The molecule has 0 aliphatic heterocycles. The fourth-order valence-corrected chi connectivity index (χ4v) is 2.92. The largest absolute Gasteiger partial charge is 0.360 e. The Morgan fingerprint density at radius 1 is 1.35 bits per heavy atom. The van der Waals surface area contributed by atoms with E-state index in [9.17, 15) is 17.6 Å². The molecule has 0 radical (unpaired) electrons. The minimum atomic E-state index is -3.77. The van der Waals surface area contributed by atoms with Crippen LogP contribution in [-0.4, -0.2) is 32.6 Å². The monoisotopic (exact) mass is 341 g/mol. The molecule has 0 bridgehead atoms. The van der Waals surface area contributed by atoms with Crippen molar-refractivity contribution >= 4 is 21.7 Å². The van der Waals surface area contributed by atoms with Crippen LogP contribution in [0.5, 0.6) is 0 Å². The summed E-state index contributed by atoms with van der Waals surface area (Å²) in [6.07, 6.45) is 0. The summed E-state index contributed by atoms with van der Waals surface area (Å²) >= 11 is 0. The smallest absolute Gasteiger partial charge is 0.240 e. The molecule has 0 fully saturated rings. The first-order valence-electron chi connectivity index (χ1n) is 6.76. The van der Waals surface area contributed by atoms with E-state index in [0.717, 1.165) is 12.1 Å². The van der Waals surface area contributed by atoms with E-state index in [4.69, 9.17) is 4.52 Å². The Hall–Kier alpha value is -2.26. The van der Waals surface area contributed by atoms with Gasteiger partial charge in [-0.2, -0.15) is 0 Å². The van der Waals surface area contributed by atoms with Crippen LogP contribution in [0.3, 0.4) is 0 Å². The van der Waals surface area contributed by atoms with E-state index in [-0.39, 0.29) is 23.9 Å². The number of aryl methyl sites for hydroxylation is 1. The first kappa shape index (κ1) is 17.1. The lowest BCUT2D eigenvalue weighted by atomic mass is 10.4. The number of sulfonamides is 1. The normalized spacial score (nSPS) is 11.4. The molecule has 0 atom stereocenters. The highest BCUT2D eigenvalue weighted by Gasteiger charge is 2.18. The molecule has 1 aromatic carbocycles. The summed E-state index contributed by atoms with van der Waals surface area (Å²) in [7, 11) is -3.77. The van der Waals surface area contributed by atoms with Gasteiger partial charge in [-0.15, -0.1) is 0 Å². The molecule has 23 heavy (non-hydrogen) atoms. The van der Waals surface area contributed by atoms with Crippen molar-refractivity contribution in [1.29, 1.82) is 0 Å². The Morgan fingerprint density at radius 3 is 2.52 bits per heavy atom. The number of anilines is 1. The highest BCUT2D eigenvalue weighted by molar-refractivity contribution is 7.89. The number of rotatable bonds is 6. The van der Waals surface area contributed by atoms with Gasteiger partial charge in [0.25, 0.3) is 0 Å². The molecule has 1 aromatic heterocycles. The van der Waals surface area contributed by atoms with Crippen LogP contribution in [0.1, 0.15) is 12.7 Å². The Kier molecular flexibility index (Phi) is 5.12. The van der Waals surface area contributed by atoms with E-state index in [0.29, 0.717) is 11.6 Å². The summed E-state index contributed by atoms with van der Waals surface area (Å²) in [5, 5.41) is 3.73. The predicted molar refractivity (Wildman–Crippen MR) is 80.9 cm³/mol. The summed E-state index contributed by atoms with van der Waals surface area (Å²) in [5.41, 5.74) is 0. The molecule has 0 saturated heterocycles. The first-order valence-corrected chi connectivity index (χ1v) is 8.24. The average Bonchev–Trinajstić information content (AvgIpc) is 2.90. The van der Waals surface area contributed by atoms with Gasteiger partial charge in [-0.1, -0.05) is 5.16 Å². The van der Waals surface area contributed by atoms with Crippen LogP contribution in [0.4, 0.5) is 10.2 Å². The van der Waals surface area contributed by atoms with Crippen molar-refractivity contribution in [3.63, 3.8) is 0 Å². The second kappa shape index (κ2) is 6.88. The van der Waals surface area contributed by atoms with E-state index in [2.05, 4.69) is 9.88 Å². The number of halogens is 1. The van der Waals surface area contributed by atoms with Gasteiger partial charge < -0.3 is 4.52 Å². The number of hydrogen-bond acceptors (Lipinski definition) is 5. The zero-order valence-corrected chi connectivity index (χ0v) is 13.4. The second-order valence-electron chi connectivity index (χ2n) is 4.82. The number of carbonyl (C=O) groups is 1. The summed E-state index contributed by atoms with van der Waals surface area (Å²) in [6, 6.07) is 6.04. The molecule has 0 aliphatic rings. The number of aromatic nitrogens is 1. The topological polar surface area (TPSA) is 92.5 Å². The number of nitrogens with zero attached hydrogens (tertiary/aromatic N) is 2. The molecule has 124 valence electrons. The Bertz CT molecular complexity index is 787. The maximum absolute atomic E-state index is 12.8. The van der Waals surface area contributed by atoms with Crippen LogP contribution in [0, 0.1) is 12.7 Å². The molecule has 1 N–H and O–H groups in total. The molecule has 0 saturated carbocycles. The highest BCUT2D eigenvalue weighted by Crippen LogP contribution is 2.14. The minimum absolute atomic E-state index is 0.0226. The van der Waals surface area contributed by atoms with Crippen LogP contribution in [0.15, 0.2) is 39.8 Å². The molecule has 2 aromatic rings. The SMILES string of the molecule is CC(=O)N(CCNS(=O)(=O)c1ccc(F)cc1)c1cc(C)on1. The molecule has 0 unspecified atom stereocenters. The van der Waals surface area contributed by atoms with Crippen LogP contribution in [0.2, 0.25) is 0 Å². The van der Waals surface area contributed by atoms with Gasteiger partial charge in [-0.05, 0) is 31.2 Å². The fraction of sp³-hybridized carbons (Fsp3) is 0.286. The van der Waals surface area contributed by atoms with Gasteiger partial charge in [0.05, 0.1) is 4.90 Å². The maximum atomic E-state index is 12.8. The molecule has 0 spiro atoms. The number of benzene rings is 1. The molecule has 2 rings (SSSR count). The van der Waals surface area contributed by atoms with Crippen LogP contribution >= 0.6 is 0 Å². The van der Waals surface area contributed by atoms with Gasteiger partial charge in [0.2, 0.25) is 15.9 Å². The van der Waals surface area contributed by atoms with Gasteiger partial charge in [0, 0.05) is 26.1 Å². The molecule has 1 heterocycles. The van der Waals surface area contributed by atoms with Crippen molar-refractivity contribution < 1.29 is 22.1 Å². The average molecular weight is 341 g/mol. The zero-order valence-electron chi connectivity index (χ0n) is 12.6. The molecular formula is C14H16FN3O4S. The second-order valence-corrected chi connectivity index (χ2v) is 6.59. The number of hydrogen-bond donors (Lipinski definition) is 1. The van der Waals surface area contributed by atoms with Crippen molar-refractivity contribution in [1.82, 2.24) is 9.88 Å². The molecule has 1 amide bonds. The Morgan fingerprint density at radius 2 is 2.00 bits per heavy atom. The van der Waals surface area contributed by atoms with Crippen molar-refractivity contribution in [2.45, 2.75) is 18.7 Å². The number of amides is 1. The summed E-state index contributed by atoms with van der Waals surface area (Å²) in [4.78, 5) is 12.9. The van der Waals surface area contributed by atoms with Gasteiger partial charge in [0.15, 0.2) is 5.82 Å². The van der Waals surface area contributed by atoms with Crippen molar-refractivity contribution in [3.8, 4) is 0 Å². The standard InChI is InChI=1S/C14H16FN3O4S/c1-10-9-14(17-22-10)18(11(2)19)8-7-16-23(20,21)13-5-3-12(15)4-6-13/h3-6,9,16H,7-8H2,1-2H3. The van der Waals surface area contributed by atoms with E-state index < -0.39 is 15.8 Å².